The highest BCUT2D eigenvalue weighted by Gasteiger charge is 2.21. The molecule has 0 aliphatic heterocycles. The molecular weight excluding hydrogens is 391 g/mol. The third kappa shape index (κ3) is 4.54. The second kappa shape index (κ2) is 8.05. The number of nitrogens with one attached hydrogen (secondary N) is 2. The summed E-state index contributed by atoms with van der Waals surface area (Å²) in [7, 11) is 0. The van der Waals surface area contributed by atoms with Gasteiger partial charge in [-0.2, -0.15) is 0 Å². The van der Waals surface area contributed by atoms with E-state index in [1.165, 1.54) is 12.1 Å². The van der Waals surface area contributed by atoms with Gasteiger partial charge in [0.15, 0.2) is 5.82 Å². The first kappa shape index (κ1) is 19.9. The van der Waals surface area contributed by atoms with Crippen molar-refractivity contribution >= 4 is 11.9 Å². The molecule has 0 spiro atoms. The zero-order chi connectivity index (χ0) is 21.1. The van der Waals surface area contributed by atoms with Gasteiger partial charge in [-0.1, -0.05) is 12.1 Å². The summed E-state index contributed by atoms with van der Waals surface area (Å²) in [6.07, 6.45) is -0.491. The molecule has 3 rings (SSSR count). The minimum Gasteiger partial charge on any atom is -0.481 e. The predicted molar refractivity (Wildman–Crippen MR) is 95.2 cm³/mol. The maximum atomic E-state index is 13.9. The lowest BCUT2D eigenvalue weighted by Crippen LogP contribution is -2.30. The number of aromatic nitrogens is 2. The Bertz CT molecular complexity index is 1120. The van der Waals surface area contributed by atoms with Crippen LogP contribution in [0.5, 0.6) is 0 Å². The molecule has 0 radical (unpaired) electrons. The summed E-state index contributed by atoms with van der Waals surface area (Å²) in [6.45, 7) is 0. The molecule has 150 valence electrons. The van der Waals surface area contributed by atoms with Crippen molar-refractivity contribution in [2.45, 2.75) is 12.5 Å². The molecule has 29 heavy (non-hydrogen) atoms. The van der Waals surface area contributed by atoms with Crippen LogP contribution in [0, 0.1) is 17.5 Å². The van der Waals surface area contributed by atoms with E-state index in [4.69, 9.17) is 5.11 Å². The van der Waals surface area contributed by atoms with Crippen molar-refractivity contribution in [1.82, 2.24) is 15.1 Å². The van der Waals surface area contributed by atoms with Crippen molar-refractivity contribution < 1.29 is 27.9 Å². The summed E-state index contributed by atoms with van der Waals surface area (Å²) in [5.74, 6) is -4.43. The molecule has 0 aliphatic rings. The van der Waals surface area contributed by atoms with E-state index in [1.54, 1.807) is 0 Å². The minimum absolute atomic E-state index is 0.267. The molecule has 1 amide bonds. The SMILES string of the molecule is O=C(O)C[C@H](NC(=O)c1cc(=O)n(-c2ccc(F)cc2F)[nH]1)c1ccc(F)cc1. The molecule has 10 heteroatoms. The van der Waals surface area contributed by atoms with Crippen LogP contribution in [0.2, 0.25) is 0 Å². The molecule has 1 aromatic heterocycles. The van der Waals surface area contributed by atoms with E-state index >= 15 is 0 Å². The van der Waals surface area contributed by atoms with Crippen molar-refractivity contribution in [3.05, 3.63) is 87.6 Å². The number of nitrogens with zero attached hydrogens (tertiary/aromatic N) is 1. The van der Waals surface area contributed by atoms with Crippen LogP contribution < -0.4 is 10.9 Å². The number of H-pyrrole nitrogens is 1. The number of hydrogen-bond donors (Lipinski definition) is 3. The van der Waals surface area contributed by atoms with E-state index in [2.05, 4.69) is 10.4 Å². The average molecular weight is 405 g/mol. The van der Waals surface area contributed by atoms with Gasteiger partial charge in [0, 0.05) is 12.1 Å². The van der Waals surface area contributed by atoms with E-state index in [-0.39, 0.29) is 11.4 Å². The largest absolute Gasteiger partial charge is 0.481 e. The second-order valence-electron chi connectivity index (χ2n) is 6.11. The maximum absolute atomic E-state index is 13.9. The van der Waals surface area contributed by atoms with Gasteiger partial charge in [0.25, 0.3) is 11.5 Å². The van der Waals surface area contributed by atoms with Crippen molar-refractivity contribution in [3.63, 3.8) is 0 Å². The Hall–Kier alpha value is -3.82. The number of halogens is 3. The Morgan fingerprint density at radius 3 is 2.31 bits per heavy atom. The van der Waals surface area contributed by atoms with Gasteiger partial charge in [-0.05, 0) is 29.8 Å². The smallest absolute Gasteiger partial charge is 0.305 e. The fraction of sp³-hybridized carbons (Fsp3) is 0.105. The second-order valence-corrected chi connectivity index (χ2v) is 6.11. The third-order valence-corrected chi connectivity index (χ3v) is 4.07. The average Bonchev–Trinajstić information content (AvgIpc) is 3.03. The highest BCUT2D eigenvalue weighted by atomic mass is 19.1. The molecule has 2 aromatic carbocycles. The number of carbonyl (C=O) groups excluding carboxylic acids is 1. The standard InChI is InChI=1S/C19H14F3N3O4/c20-11-3-1-10(2-4-11)14(9-18(27)28)23-19(29)15-8-17(26)25(24-15)16-6-5-12(21)7-13(16)22/h1-8,14,24H,9H2,(H,23,29)(H,27,28)/t14-/m0/s1. The lowest BCUT2D eigenvalue weighted by atomic mass is 10.0. The Balaban J connectivity index is 1.88. The third-order valence-electron chi connectivity index (χ3n) is 4.07. The van der Waals surface area contributed by atoms with Crippen LogP contribution in [0.25, 0.3) is 5.69 Å². The van der Waals surface area contributed by atoms with Gasteiger partial charge >= 0.3 is 5.97 Å². The number of carboxylic acids is 1. The van der Waals surface area contributed by atoms with Crippen molar-refractivity contribution in [2.75, 3.05) is 0 Å². The molecule has 0 saturated carbocycles. The van der Waals surface area contributed by atoms with Crippen LogP contribution in [0.3, 0.4) is 0 Å². The Morgan fingerprint density at radius 1 is 1.03 bits per heavy atom. The van der Waals surface area contributed by atoms with Crippen LogP contribution in [0.1, 0.15) is 28.5 Å². The molecular formula is C19H14F3N3O4. The highest BCUT2D eigenvalue weighted by molar-refractivity contribution is 5.92. The Morgan fingerprint density at radius 2 is 1.69 bits per heavy atom. The molecule has 3 N–H and O–H groups in total. The van der Waals surface area contributed by atoms with Crippen molar-refractivity contribution in [1.29, 1.82) is 0 Å². The monoisotopic (exact) mass is 405 g/mol. The van der Waals surface area contributed by atoms with Gasteiger partial charge in [0.2, 0.25) is 0 Å². The zero-order valence-electron chi connectivity index (χ0n) is 14.7. The van der Waals surface area contributed by atoms with Crippen LogP contribution in [0.4, 0.5) is 13.2 Å². The first-order valence-electron chi connectivity index (χ1n) is 8.30. The molecule has 1 heterocycles. The molecule has 0 unspecified atom stereocenters. The first-order chi connectivity index (χ1) is 13.7. The van der Waals surface area contributed by atoms with Crippen molar-refractivity contribution in [2.24, 2.45) is 0 Å². The van der Waals surface area contributed by atoms with E-state index < -0.39 is 47.4 Å². The summed E-state index contributed by atoms with van der Waals surface area (Å²) in [6, 6.07) is 7.32. The number of hydrogen-bond acceptors (Lipinski definition) is 3. The molecule has 0 bridgehead atoms. The summed E-state index contributed by atoms with van der Waals surface area (Å²) in [5.41, 5.74) is -1.00. The van der Waals surface area contributed by atoms with Gasteiger partial charge in [-0.3, -0.25) is 19.5 Å². The van der Waals surface area contributed by atoms with Gasteiger partial charge in [0.1, 0.15) is 23.0 Å². The maximum Gasteiger partial charge on any atom is 0.305 e. The number of rotatable bonds is 6. The molecule has 3 aromatic rings. The van der Waals surface area contributed by atoms with E-state index in [0.717, 1.165) is 30.3 Å². The molecule has 1 atom stereocenters. The fourth-order valence-corrected chi connectivity index (χ4v) is 2.71. The predicted octanol–water partition coefficient (Wildman–Crippen LogP) is 2.53. The lowest BCUT2D eigenvalue weighted by Gasteiger charge is -2.17. The molecule has 0 saturated heterocycles. The topological polar surface area (TPSA) is 104 Å². The lowest BCUT2D eigenvalue weighted by molar-refractivity contribution is -0.137. The fourth-order valence-electron chi connectivity index (χ4n) is 2.71. The zero-order valence-corrected chi connectivity index (χ0v) is 14.7. The quantitative estimate of drug-likeness (QED) is 0.586. The van der Waals surface area contributed by atoms with Gasteiger partial charge in [-0.15, -0.1) is 0 Å². The Labute approximate surface area is 161 Å². The summed E-state index contributed by atoms with van der Waals surface area (Å²) >= 11 is 0. The van der Waals surface area contributed by atoms with Crippen LogP contribution in [-0.2, 0) is 4.79 Å². The minimum atomic E-state index is -1.21. The van der Waals surface area contributed by atoms with Crippen LogP contribution >= 0.6 is 0 Å². The van der Waals surface area contributed by atoms with Crippen LogP contribution in [0.15, 0.2) is 53.3 Å². The van der Waals surface area contributed by atoms with E-state index in [1.807, 2.05) is 0 Å². The molecule has 7 nitrogen and oxygen atoms in total. The number of carbonyl (C=O) groups is 2. The van der Waals surface area contributed by atoms with Crippen molar-refractivity contribution in [3.8, 4) is 5.69 Å². The van der Waals surface area contributed by atoms with Gasteiger partial charge in [0.05, 0.1) is 12.5 Å². The normalized spacial score (nSPS) is 11.8. The van der Waals surface area contributed by atoms with Gasteiger partial charge in [-0.25, -0.2) is 17.9 Å². The van der Waals surface area contributed by atoms with E-state index in [9.17, 15) is 27.6 Å². The Kier molecular flexibility index (Phi) is 5.53. The summed E-state index contributed by atoms with van der Waals surface area (Å²) < 4.78 is 40.8. The highest BCUT2D eigenvalue weighted by Crippen LogP contribution is 2.18. The molecule has 0 aliphatic carbocycles. The molecule has 0 fully saturated rings. The number of aliphatic carboxylic acids is 1. The number of carboxylic acid groups (broad SMARTS) is 1. The summed E-state index contributed by atoms with van der Waals surface area (Å²) in [5, 5.41) is 13.9. The number of benzene rings is 2. The first-order valence-corrected chi connectivity index (χ1v) is 8.30. The number of aromatic amines is 1. The number of amides is 1. The van der Waals surface area contributed by atoms with Crippen LogP contribution in [-0.4, -0.2) is 26.8 Å². The van der Waals surface area contributed by atoms with Gasteiger partial charge < -0.3 is 10.4 Å². The summed E-state index contributed by atoms with van der Waals surface area (Å²) in [4.78, 5) is 35.7. The van der Waals surface area contributed by atoms with E-state index in [0.29, 0.717) is 16.3 Å².